The van der Waals surface area contributed by atoms with Crippen molar-refractivity contribution < 1.29 is 13.9 Å². The number of ether oxygens (including phenoxy) is 2. The molecule has 0 unspecified atom stereocenters. The number of halogens is 1. The molecule has 3 rings (SSSR count). The van der Waals surface area contributed by atoms with Crippen LogP contribution < -0.4 is 14.8 Å². The predicted octanol–water partition coefficient (Wildman–Crippen LogP) is 3.13. The number of nitrogens with one attached hydrogen (secondary N) is 1. The Hall–Kier alpha value is -2.30. The Morgan fingerprint density at radius 2 is 1.79 bits per heavy atom. The summed E-state index contributed by atoms with van der Waals surface area (Å²) >= 11 is 0. The molecule has 1 aromatic heterocycles. The second-order valence-corrected chi connectivity index (χ2v) is 4.20. The smallest absolute Gasteiger partial charge is 0.214 e. The molecule has 2 aromatic rings. The molecule has 0 amide bonds. The Morgan fingerprint density at radius 3 is 2.63 bits per heavy atom. The van der Waals surface area contributed by atoms with Crippen molar-refractivity contribution in [2.45, 2.75) is 6.42 Å². The highest BCUT2D eigenvalue weighted by Gasteiger charge is 2.10. The maximum atomic E-state index is 13.0. The summed E-state index contributed by atoms with van der Waals surface area (Å²) < 4.78 is 24.2. The molecular formula is C14H13FN2O2. The lowest BCUT2D eigenvalue weighted by Gasteiger charge is -2.11. The number of fused-ring (bicyclic) bond motifs is 1. The average Bonchev–Trinajstić information content (AvgIpc) is 2.63. The fraction of sp³-hybridized carbons (Fsp3) is 0.214. The van der Waals surface area contributed by atoms with Gasteiger partial charge in [0.1, 0.15) is 0 Å². The van der Waals surface area contributed by atoms with Crippen LogP contribution in [0.5, 0.6) is 11.5 Å². The lowest BCUT2D eigenvalue weighted by molar-refractivity contribution is 0.297. The van der Waals surface area contributed by atoms with Gasteiger partial charge in [-0.15, -0.1) is 0 Å². The average molecular weight is 260 g/mol. The first kappa shape index (κ1) is 11.8. The van der Waals surface area contributed by atoms with Gasteiger partial charge in [0.2, 0.25) is 5.95 Å². The molecule has 0 saturated heterocycles. The summed E-state index contributed by atoms with van der Waals surface area (Å²) in [5.41, 5.74) is 1.46. The summed E-state index contributed by atoms with van der Waals surface area (Å²) in [4.78, 5) is 3.51. The zero-order valence-corrected chi connectivity index (χ0v) is 10.2. The maximum absolute atomic E-state index is 13.0. The van der Waals surface area contributed by atoms with Crippen LogP contribution in [-0.4, -0.2) is 18.2 Å². The molecule has 0 saturated carbocycles. The van der Waals surface area contributed by atoms with Crippen LogP contribution >= 0.6 is 0 Å². The van der Waals surface area contributed by atoms with Crippen LogP contribution in [-0.2, 0) is 0 Å². The first-order valence-electron chi connectivity index (χ1n) is 6.09. The first-order chi connectivity index (χ1) is 9.31. The minimum absolute atomic E-state index is 0.514. The highest BCUT2D eigenvalue weighted by atomic mass is 19.1. The Bertz CT molecular complexity index is 589. The molecule has 1 aromatic carbocycles. The lowest BCUT2D eigenvalue weighted by Crippen LogP contribution is -1.97. The Labute approximate surface area is 110 Å². The lowest BCUT2D eigenvalue weighted by atomic mass is 10.2. The van der Waals surface area contributed by atoms with Gasteiger partial charge in [0.05, 0.1) is 13.2 Å². The van der Waals surface area contributed by atoms with Gasteiger partial charge >= 0.3 is 0 Å². The molecule has 98 valence electrons. The van der Waals surface area contributed by atoms with Gasteiger partial charge in [-0.2, -0.15) is 4.39 Å². The first-order valence-corrected chi connectivity index (χ1v) is 6.09. The standard InChI is InChI=1S/C14H13FN2O2/c15-14-9-11(4-5-16-14)17-10-2-3-12-13(8-10)19-7-1-6-18-12/h2-5,8-9H,1,6-7H2,(H,16,17). The number of benzene rings is 1. The highest BCUT2D eigenvalue weighted by molar-refractivity contribution is 5.63. The minimum atomic E-state index is -0.514. The van der Waals surface area contributed by atoms with Crippen molar-refractivity contribution in [3.8, 4) is 11.5 Å². The van der Waals surface area contributed by atoms with Crippen molar-refractivity contribution in [2.75, 3.05) is 18.5 Å². The molecule has 4 nitrogen and oxygen atoms in total. The SMILES string of the molecule is Fc1cc(Nc2ccc3c(c2)OCCCO3)ccn1. The van der Waals surface area contributed by atoms with Crippen molar-refractivity contribution in [2.24, 2.45) is 0 Å². The molecule has 5 heteroatoms. The van der Waals surface area contributed by atoms with E-state index in [9.17, 15) is 4.39 Å². The van der Waals surface area contributed by atoms with Gasteiger partial charge in [-0.25, -0.2) is 4.98 Å². The molecular weight excluding hydrogens is 247 g/mol. The van der Waals surface area contributed by atoms with Gasteiger partial charge < -0.3 is 14.8 Å². The predicted molar refractivity (Wildman–Crippen MR) is 69.5 cm³/mol. The van der Waals surface area contributed by atoms with Crippen molar-refractivity contribution in [3.05, 3.63) is 42.5 Å². The van der Waals surface area contributed by atoms with Crippen LogP contribution in [0, 0.1) is 5.95 Å². The van der Waals surface area contributed by atoms with E-state index in [4.69, 9.17) is 9.47 Å². The Kier molecular flexibility index (Phi) is 3.18. The zero-order chi connectivity index (χ0) is 13.1. The number of nitrogens with zero attached hydrogens (tertiary/aromatic N) is 1. The number of pyridine rings is 1. The third-order valence-corrected chi connectivity index (χ3v) is 2.76. The van der Waals surface area contributed by atoms with Gasteiger partial charge in [0.15, 0.2) is 11.5 Å². The van der Waals surface area contributed by atoms with Crippen molar-refractivity contribution in [1.29, 1.82) is 0 Å². The second-order valence-electron chi connectivity index (χ2n) is 4.20. The molecule has 1 aliphatic rings. The number of hydrogen-bond acceptors (Lipinski definition) is 4. The normalized spacial score (nSPS) is 13.7. The second kappa shape index (κ2) is 5.14. The topological polar surface area (TPSA) is 43.4 Å². The van der Waals surface area contributed by atoms with E-state index in [0.29, 0.717) is 24.7 Å². The van der Waals surface area contributed by atoms with E-state index in [1.807, 2.05) is 18.2 Å². The van der Waals surface area contributed by atoms with Gasteiger partial charge in [-0.3, -0.25) is 0 Å². The highest BCUT2D eigenvalue weighted by Crippen LogP contribution is 2.33. The van der Waals surface area contributed by atoms with E-state index in [1.165, 1.54) is 12.3 Å². The van der Waals surface area contributed by atoms with Gasteiger partial charge in [0, 0.05) is 36.1 Å². The summed E-state index contributed by atoms with van der Waals surface area (Å²) in [5.74, 6) is 0.931. The van der Waals surface area contributed by atoms with E-state index < -0.39 is 5.95 Å². The van der Waals surface area contributed by atoms with Crippen molar-refractivity contribution >= 4 is 11.4 Å². The fourth-order valence-corrected chi connectivity index (χ4v) is 1.89. The van der Waals surface area contributed by atoms with E-state index in [0.717, 1.165) is 17.9 Å². The summed E-state index contributed by atoms with van der Waals surface area (Å²) in [5, 5.41) is 3.10. The molecule has 0 spiro atoms. The Morgan fingerprint density at radius 1 is 1.00 bits per heavy atom. The van der Waals surface area contributed by atoms with Gasteiger partial charge in [-0.1, -0.05) is 0 Å². The third-order valence-electron chi connectivity index (χ3n) is 2.76. The van der Waals surface area contributed by atoms with Gasteiger partial charge in [0.25, 0.3) is 0 Å². The number of aromatic nitrogens is 1. The maximum Gasteiger partial charge on any atom is 0.214 e. The summed E-state index contributed by atoms with van der Waals surface area (Å²) in [7, 11) is 0. The number of rotatable bonds is 2. The van der Waals surface area contributed by atoms with E-state index in [2.05, 4.69) is 10.3 Å². The summed E-state index contributed by atoms with van der Waals surface area (Å²) in [6.07, 6.45) is 2.29. The molecule has 1 aliphatic heterocycles. The molecule has 0 fully saturated rings. The van der Waals surface area contributed by atoms with E-state index >= 15 is 0 Å². The molecule has 0 aliphatic carbocycles. The van der Waals surface area contributed by atoms with Crippen LogP contribution in [0.25, 0.3) is 0 Å². The van der Waals surface area contributed by atoms with Crippen molar-refractivity contribution in [3.63, 3.8) is 0 Å². The van der Waals surface area contributed by atoms with Gasteiger partial charge in [-0.05, 0) is 18.2 Å². The minimum Gasteiger partial charge on any atom is -0.490 e. The van der Waals surface area contributed by atoms with Crippen molar-refractivity contribution in [1.82, 2.24) is 4.98 Å². The van der Waals surface area contributed by atoms with E-state index in [1.54, 1.807) is 6.07 Å². The molecule has 2 heterocycles. The molecule has 19 heavy (non-hydrogen) atoms. The Balaban J connectivity index is 1.84. The van der Waals surface area contributed by atoms with Crippen LogP contribution in [0.2, 0.25) is 0 Å². The largest absolute Gasteiger partial charge is 0.490 e. The molecule has 0 bridgehead atoms. The van der Waals surface area contributed by atoms with Crippen LogP contribution in [0.1, 0.15) is 6.42 Å². The molecule has 1 N–H and O–H groups in total. The summed E-state index contributed by atoms with van der Waals surface area (Å²) in [6.45, 7) is 1.30. The monoisotopic (exact) mass is 260 g/mol. The fourth-order valence-electron chi connectivity index (χ4n) is 1.89. The molecule has 0 radical (unpaired) electrons. The van der Waals surface area contributed by atoms with Crippen LogP contribution in [0.15, 0.2) is 36.5 Å². The van der Waals surface area contributed by atoms with Crippen LogP contribution in [0.4, 0.5) is 15.8 Å². The van der Waals surface area contributed by atoms with Crippen LogP contribution in [0.3, 0.4) is 0 Å². The third kappa shape index (κ3) is 2.76. The van der Waals surface area contributed by atoms with E-state index in [-0.39, 0.29) is 0 Å². The number of hydrogen-bond donors (Lipinski definition) is 1. The zero-order valence-electron chi connectivity index (χ0n) is 10.2. The summed E-state index contributed by atoms with van der Waals surface area (Å²) in [6, 6.07) is 8.60. The molecule has 0 atom stereocenters. The number of anilines is 2. The quantitative estimate of drug-likeness (QED) is 0.842.